The molecule has 2 aromatic rings. The number of ether oxygens (including phenoxy) is 1. The molecule has 1 fully saturated rings. The summed E-state index contributed by atoms with van der Waals surface area (Å²) < 4.78 is 32.6. The van der Waals surface area contributed by atoms with Gasteiger partial charge in [0.15, 0.2) is 0 Å². The lowest BCUT2D eigenvalue weighted by atomic mass is 10.1. The molecule has 1 aliphatic heterocycles. The Balaban J connectivity index is 1.82. The van der Waals surface area contributed by atoms with Crippen molar-refractivity contribution in [3.8, 4) is 0 Å². The second kappa shape index (κ2) is 8.61. The smallest absolute Gasteiger partial charge is 0.251 e. The minimum absolute atomic E-state index is 0.154. The highest BCUT2D eigenvalue weighted by Crippen LogP contribution is 2.23. The van der Waals surface area contributed by atoms with Gasteiger partial charge in [0.25, 0.3) is 5.91 Å². The fraction of sp³-hybridized carbons (Fsp3) is 0.350. The Hall–Kier alpha value is -1.93. The maximum atomic E-state index is 13.0. The van der Waals surface area contributed by atoms with Crippen LogP contribution < -0.4 is 5.32 Å². The number of hydrogen-bond acceptors (Lipinski definition) is 4. The van der Waals surface area contributed by atoms with Gasteiger partial charge in [-0.05, 0) is 49.2 Å². The van der Waals surface area contributed by atoms with Gasteiger partial charge >= 0.3 is 0 Å². The topological polar surface area (TPSA) is 75.7 Å². The standard InChI is InChI=1S/C20H23ClN2O4S/c1-14-3-4-17(13-19(14)28(25,26)23-9-11-27-12-10-23)20(24)22-15(2)16-5-7-18(21)8-6-16/h3-8,13,15H,9-12H2,1-2H3,(H,22,24)/t15-/m1/s1. The third kappa shape index (κ3) is 4.55. The average Bonchev–Trinajstić information content (AvgIpc) is 2.69. The zero-order chi connectivity index (χ0) is 20.3. The molecule has 0 bridgehead atoms. The number of sulfonamides is 1. The largest absolute Gasteiger partial charge is 0.379 e. The number of carbonyl (C=O) groups is 1. The highest BCUT2D eigenvalue weighted by atomic mass is 35.5. The molecular formula is C20H23ClN2O4S. The van der Waals surface area contributed by atoms with Gasteiger partial charge in [-0.2, -0.15) is 4.31 Å². The van der Waals surface area contributed by atoms with Crippen molar-refractivity contribution in [1.82, 2.24) is 9.62 Å². The van der Waals surface area contributed by atoms with Crippen LogP contribution in [0.1, 0.15) is 34.5 Å². The number of benzene rings is 2. The van der Waals surface area contributed by atoms with Crippen LogP contribution in [0.2, 0.25) is 5.02 Å². The highest BCUT2D eigenvalue weighted by molar-refractivity contribution is 7.89. The number of carbonyl (C=O) groups excluding carboxylic acids is 1. The minimum Gasteiger partial charge on any atom is -0.379 e. The summed E-state index contributed by atoms with van der Waals surface area (Å²) in [5, 5.41) is 3.52. The summed E-state index contributed by atoms with van der Waals surface area (Å²) in [4.78, 5) is 12.9. The predicted molar refractivity (Wildman–Crippen MR) is 108 cm³/mol. The lowest BCUT2D eigenvalue weighted by molar-refractivity contribution is 0.0730. The molecule has 150 valence electrons. The van der Waals surface area contributed by atoms with Crippen LogP contribution >= 0.6 is 11.6 Å². The van der Waals surface area contributed by atoms with Gasteiger partial charge in [-0.1, -0.05) is 29.8 Å². The quantitative estimate of drug-likeness (QED) is 0.803. The van der Waals surface area contributed by atoms with Crippen LogP contribution in [0.25, 0.3) is 0 Å². The van der Waals surface area contributed by atoms with Gasteiger partial charge in [-0.15, -0.1) is 0 Å². The summed E-state index contributed by atoms with van der Waals surface area (Å²) >= 11 is 5.90. The molecule has 0 aliphatic carbocycles. The van der Waals surface area contributed by atoms with Crippen LogP contribution in [-0.4, -0.2) is 44.9 Å². The van der Waals surface area contributed by atoms with E-state index in [4.69, 9.17) is 16.3 Å². The average molecular weight is 423 g/mol. The van der Waals surface area contributed by atoms with Gasteiger partial charge in [-0.3, -0.25) is 4.79 Å². The molecule has 1 amide bonds. The molecule has 0 unspecified atom stereocenters. The van der Waals surface area contributed by atoms with E-state index in [1.54, 1.807) is 31.2 Å². The molecule has 0 radical (unpaired) electrons. The Bertz CT molecular complexity index is 955. The number of amides is 1. The number of nitrogens with one attached hydrogen (secondary N) is 1. The van der Waals surface area contributed by atoms with E-state index < -0.39 is 10.0 Å². The van der Waals surface area contributed by atoms with Gasteiger partial charge in [0.1, 0.15) is 0 Å². The first-order chi connectivity index (χ1) is 13.3. The lowest BCUT2D eigenvalue weighted by Crippen LogP contribution is -2.41. The van der Waals surface area contributed by atoms with E-state index in [9.17, 15) is 13.2 Å². The second-order valence-electron chi connectivity index (χ2n) is 6.74. The van der Waals surface area contributed by atoms with E-state index in [0.29, 0.717) is 42.5 Å². The van der Waals surface area contributed by atoms with Crippen LogP contribution in [0.4, 0.5) is 0 Å². The van der Waals surface area contributed by atoms with E-state index in [2.05, 4.69) is 5.32 Å². The van der Waals surface area contributed by atoms with Crippen LogP contribution in [0.15, 0.2) is 47.4 Å². The molecule has 3 rings (SSSR count). The maximum Gasteiger partial charge on any atom is 0.251 e. The van der Waals surface area contributed by atoms with E-state index in [0.717, 1.165) is 5.56 Å². The minimum atomic E-state index is -3.68. The van der Waals surface area contributed by atoms with Crippen molar-refractivity contribution >= 4 is 27.5 Å². The van der Waals surface area contributed by atoms with Crippen molar-refractivity contribution < 1.29 is 17.9 Å². The fourth-order valence-electron chi connectivity index (χ4n) is 3.06. The molecule has 28 heavy (non-hydrogen) atoms. The predicted octanol–water partition coefficient (Wildman–Crippen LogP) is 3.16. The number of morpholine rings is 1. The number of rotatable bonds is 5. The molecule has 1 aliphatic rings. The van der Waals surface area contributed by atoms with Crippen molar-refractivity contribution in [3.05, 3.63) is 64.2 Å². The molecule has 1 N–H and O–H groups in total. The SMILES string of the molecule is Cc1ccc(C(=O)N[C@H](C)c2ccc(Cl)cc2)cc1S(=O)(=O)N1CCOCC1. The van der Waals surface area contributed by atoms with Crippen LogP contribution in [0.3, 0.4) is 0 Å². The summed E-state index contributed by atoms with van der Waals surface area (Å²) in [6.45, 7) is 4.96. The van der Waals surface area contributed by atoms with Crippen molar-refractivity contribution in [3.63, 3.8) is 0 Å². The summed E-state index contributed by atoms with van der Waals surface area (Å²) in [7, 11) is -3.68. The zero-order valence-electron chi connectivity index (χ0n) is 15.8. The molecule has 1 heterocycles. The van der Waals surface area contributed by atoms with Crippen molar-refractivity contribution in [2.45, 2.75) is 24.8 Å². The van der Waals surface area contributed by atoms with Crippen molar-refractivity contribution in [2.24, 2.45) is 0 Å². The molecule has 1 atom stereocenters. The second-order valence-corrected chi connectivity index (χ2v) is 9.09. The van der Waals surface area contributed by atoms with Crippen molar-refractivity contribution in [2.75, 3.05) is 26.3 Å². The number of aryl methyl sites for hydroxylation is 1. The first kappa shape index (κ1) is 20.8. The normalized spacial score (nSPS) is 16.5. The Morgan fingerprint density at radius 3 is 2.43 bits per heavy atom. The van der Waals surface area contributed by atoms with E-state index in [-0.39, 0.29) is 16.8 Å². The monoisotopic (exact) mass is 422 g/mol. The number of nitrogens with zero attached hydrogens (tertiary/aromatic N) is 1. The third-order valence-corrected chi connectivity index (χ3v) is 7.05. The fourth-order valence-corrected chi connectivity index (χ4v) is 4.84. The Morgan fingerprint density at radius 2 is 1.79 bits per heavy atom. The summed E-state index contributed by atoms with van der Waals surface area (Å²) in [5.74, 6) is -0.333. The van der Waals surface area contributed by atoms with Crippen LogP contribution in [-0.2, 0) is 14.8 Å². The maximum absolute atomic E-state index is 13.0. The van der Waals surface area contributed by atoms with Crippen LogP contribution in [0, 0.1) is 6.92 Å². The Labute approximate surface area is 170 Å². The number of halogens is 1. The molecule has 6 nitrogen and oxygen atoms in total. The molecule has 1 saturated heterocycles. The summed E-state index contributed by atoms with van der Waals surface area (Å²) in [6, 6.07) is 11.7. The van der Waals surface area contributed by atoms with Gasteiger partial charge in [0, 0.05) is 23.7 Å². The summed E-state index contributed by atoms with van der Waals surface area (Å²) in [5.41, 5.74) is 1.82. The lowest BCUT2D eigenvalue weighted by Gasteiger charge is -2.26. The number of hydrogen-bond donors (Lipinski definition) is 1. The van der Waals surface area contributed by atoms with Gasteiger partial charge in [0.2, 0.25) is 10.0 Å². The molecule has 8 heteroatoms. The Morgan fingerprint density at radius 1 is 1.14 bits per heavy atom. The first-order valence-electron chi connectivity index (χ1n) is 9.04. The first-order valence-corrected chi connectivity index (χ1v) is 10.9. The third-order valence-electron chi connectivity index (χ3n) is 4.76. The van der Waals surface area contributed by atoms with E-state index >= 15 is 0 Å². The Kier molecular flexibility index (Phi) is 6.40. The summed E-state index contributed by atoms with van der Waals surface area (Å²) in [6.07, 6.45) is 0. The molecular weight excluding hydrogens is 400 g/mol. The molecule has 0 spiro atoms. The molecule has 2 aromatic carbocycles. The molecule has 0 saturated carbocycles. The van der Waals surface area contributed by atoms with E-state index in [1.807, 2.05) is 19.1 Å². The molecule has 0 aromatic heterocycles. The van der Waals surface area contributed by atoms with Crippen molar-refractivity contribution in [1.29, 1.82) is 0 Å². The van der Waals surface area contributed by atoms with Crippen LogP contribution in [0.5, 0.6) is 0 Å². The zero-order valence-corrected chi connectivity index (χ0v) is 17.4. The van der Waals surface area contributed by atoms with Gasteiger partial charge < -0.3 is 10.1 Å². The highest BCUT2D eigenvalue weighted by Gasteiger charge is 2.28. The van der Waals surface area contributed by atoms with E-state index in [1.165, 1.54) is 10.4 Å². The van der Waals surface area contributed by atoms with Gasteiger partial charge in [0.05, 0.1) is 24.2 Å². The van der Waals surface area contributed by atoms with Gasteiger partial charge in [-0.25, -0.2) is 8.42 Å².